The molecule has 0 aliphatic carbocycles. The second-order valence-corrected chi connectivity index (χ2v) is 10.5. The van der Waals surface area contributed by atoms with Gasteiger partial charge in [0.1, 0.15) is 12.1 Å². The fourth-order valence-corrected chi connectivity index (χ4v) is 5.06. The van der Waals surface area contributed by atoms with E-state index in [9.17, 15) is 14.4 Å². The van der Waals surface area contributed by atoms with E-state index in [1.807, 2.05) is 19.1 Å². The Labute approximate surface area is 228 Å². The summed E-state index contributed by atoms with van der Waals surface area (Å²) in [6, 6.07) is 10.7. The summed E-state index contributed by atoms with van der Waals surface area (Å²) in [4.78, 5) is 42.2. The van der Waals surface area contributed by atoms with Crippen molar-refractivity contribution in [1.82, 2.24) is 20.9 Å². The first-order valence-corrected chi connectivity index (χ1v) is 13.6. The predicted molar refractivity (Wildman–Crippen MR) is 154 cm³/mol. The van der Waals surface area contributed by atoms with Crippen molar-refractivity contribution in [3.63, 3.8) is 0 Å². The van der Waals surface area contributed by atoms with Crippen LogP contribution >= 0.6 is 0 Å². The molecule has 3 atom stereocenters. The second-order valence-electron chi connectivity index (χ2n) is 10.5. The van der Waals surface area contributed by atoms with Gasteiger partial charge in [-0.1, -0.05) is 30.7 Å². The van der Waals surface area contributed by atoms with E-state index in [1.165, 1.54) is 12.5 Å². The van der Waals surface area contributed by atoms with Crippen molar-refractivity contribution >= 4 is 45.4 Å². The Morgan fingerprint density at radius 2 is 1.69 bits per heavy atom. The Hall–Kier alpha value is -4.14. The fourth-order valence-electron chi connectivity index (χ4n) is 5.06. The molecule has 9 nitrogen and oxygen atoms in total. The van der Waals surface area contributed by atoms with Gasteiger partial charge < -0.3 is 26.7 Å². The minimum atomic E-state index is -0.840. The Balaban J connectivity index is 1.67. The van der Waals surface area contributed by atoms with Gasteiger partial charge in [0.15, 0.2) is 0 Å². The van der Waals surface area contributed by atoms with E-state index in [1.54, 1.807) is 0 Å². The molecule has 9 heteroatoms. The summed E-state index contributed by atoms with van der Waals surface area (Å²) >= 11 is 0. The number of carbonyl (C=O) groups is 3. The van der Waals surface area contributed by atoms with Crippen molar-refractivity contribution in [2.45, 2.75) is 76.9 Å². The first-order chi connectivity index (χ1) is 18.7. The SMILES string of the molecule is CC(=O)NC1Cc2ccc3[nH]c4ccc(cc4c3c2)C/C=C/C[C@@H](C)NC(=O)[C@H](CCCCC(=N)N)NC1=O. The standard InChI is InChI=1S/C30H38N6O3/c1-18-7-3-4-8-20-11-13-24-22(15-20)23-16-21(12-14-25(23)35-24)17-27(34-19(2)37)30(39)36-26(29(38)33-18)9-5-6-10-28(31)32/h3-4,11-16,18,26-27,35H,5-10,17H2,1-2H3,(H3,31,32)(H,33,38)(H,34,37)(H,36,39)/b4-3+/t18-,26+,27?/m1/s1. The van der Waals surface area contributed by atoms with Crippen LogP contribution in [0.25, 0.3) is 21.8 Å². The number of hydrogen-bond donors (Lipinski definition) is 6. The molecule has 1 aromatic heterocycles. The zero-order chi connectivity index (χ0) is 27.9. The van der Waals surface area contributed by atoms with E-state index < -0.39 is 18.0 Å². The highest BCUT2D eigenvalue weighted by Crippen LogP contribution is 2.28. The molecule has 0 spiro atoms. The van der Waals surface area contributed by atoms with Gasteiger partial charge in [0, 0.05) is 47.6 Å². The summed E-state index contributed by atoms with van der Waals surface area (Å²) in [6.45, 7) is 3.31. The Kier molecular flexibility index (Phi) is 9.01. The van der Waals surface area contributed by atoms with Crippen LogP contribution in [0.15, 0.2) is 48.6 Å². The maximum Gasteiger partial charge on any atom is 0.243 e. The van der Waals surface area contributed by atoms with Crippen molar-refractivity contribution in [3.8, 4) is 0 Å². The van der Waals surface area contributed by atoms with Gasteiger partial charge in [0.05, 0.1) is 5.84 Å². The number of carbonyl (C=O) groups excluding carboxylic acids is 3. The van der Waals surface area contributed by atoms with Crippen LogP contribution in [0.3, 0.4) is 0 Å². The number of hydrogen-bond acceptors (Lipinski definition) is 4. The molecule has 7 N–H and O–H groups in total. The van der Waals surface area contributed by atoms with Crippen LogP contribution in [0.2, 0.25) is 0 Å². The Bertz CT molecular complexity index is 1410. The summed E-state index contributed by atoms with van der Waals surface area (Å²) in [5, 5.41) is 18.3. The molecule has 0 saturated carbocycles. The first-order valence-electron chi connectivity index (χ1n) is 13.6. The van der Waals surface area contributed by atoms with Crippen LogP contribution in [-0.2, 0) is 27.2 Å². The molecule has 3 amide bonds. The molecule has 0 saturated heterocycles. The molecule has 1 aliphatic heterocycles. The van der Waals surface area contributed by atoms with E-state index in [0.29, 0.717) is 32.1 Å². The maximum absolute atomic E-state index is 13.5. The molecule has 39 heavy (non-hydrogen) atoms. The van der Waals surface area contributed by atoms with E-state index in [2.05, 4.69) is 57.4 Å². The first kappa shape index (κ1) is 27.9. The van der Waals surface area contributed by atoms with E-state index in [-0.39, 0.29) is 30.1 Å². The van der Waals surface area contributed by atoms with Gasteiger partial charge in [-0.15, -0.1) is 0 Å². The van der Waals surface area contributed by atoms with Gasteiger partial charge in [-0.2, -0.15) is 0 Å². The number of amides is 3. The number of amidine groups is 1. The molecular formula is C30H38N6O3. The van der Waals surface area contributed by atoms with Gasteiger partial charge in [-0.05, 0) is 68.0 Å². The smallest absolute Gasteiger partial charge is 0.243 e. The van der Waals surface area contributed by atoms with Gasteiger partial charge in [0.2, 0.25) is 17.7 Å². The summed E-state index contributed by atoms with van der Waals surface area (Å²) < 4.78 is 0. The van der Waals surface area contributed by atoms with E-state index >= 15 is 0 Å². The fraction of sp³-hybridized carbons (Fsp3) is 0.400. The third kappa shape index (κ3) is 7.46. The number of unbranched alkanes of at least 4 members (excludes halogenated alkanes) is 1. The Morgan fingerprint density at radius 3 is 2.38 bits per heavy atom. The molecule has 4 bridgehead atoms. The maximum atomic E-state index is 13.5. The lowest BCUT2D eigenvalue weighted by Gasteiger charge is -2.24. The quantitative estimate of drug-likeness (QED) is 0.125. The van der Waals surface area contributed by atoms with Gasteiger partial charge in [0.25, 0.3) is 0 Å². The van der Waals surface area contributed by atoms with Crippen LogP contribution in [-0.4, -0.2) is 46.7 Å². The number of fused-ring (bicyclic) bond motifs is 2. The van der Waals surface area contributed by atoms with Crippen molar-refractivity contribution < 1.29 is 14.4 Å². The third-order valence-electron chi connectivity index (χ3n) is 7.08. The third-order valence-corrected chi connectivity index (χ3v) is 7.08. The van der Waals surface area contributed by atoms with Crippen molar-refractivity contribution in [1.29, 1.82) is 5.41 Å². The number of aromatic nitrogens is 1. The molecule has 3 aromatic rings. The van der Waals surface area contributed by atoms with E-state index in [0.717, 1.165) is 33.8 Å². The number of nitrogens with one attached hydrogen (secondary N) is 5. The summed E-state index contributed by atoms with van der Waals surface area (Å²) in [5.74, 6) is -0.898. The molecule has 206 valence electrons. The summed E-state index contributed by atoms with van der Waals surface area (Å²) in [7, 11) is 0. The highest BCUT2D eigenvalue weighted by atomic mass is 16.2. The number of nitrogens with two attached hydrogens (primary N) is 1. The monoisotopic (exact) mass is 530 g/mol. The van der Waals surface area contributed by atoms with Gasteiger partial charge >= 0.3 is 0 Å². The average molecular weight is 531 g/mol. The average Bonchev–Trinajstić information content (AvgIpc) is 3.24. The lowest BCUT2D eigenvalue weighted by atomic mass is 10.00. The summed E-state index contributed by atoms with van der Waals surface area (Å²) in [5.41, 5.74) is 9.61. The minimum absolute atomic E-state index is 0.0992. The topological polar surface area (TPSA) is 153 Å². The highest BCUT2D eigenvalue weighted by molar-refractivity contribution is 6.07. The van der Waals surface area contributed by atoms with Crippen molar-refractivity contribution in [2.24, 2.45) is 5.73 Å². The molecule has 1 unspecified atom stereocenters. The Morgan fingerprint density at radius 1 is 1.00 bits per heavy atom. The number of allylic oxidation sites excluding steroid dienone is 1. The zero-order valence-electron chi connectivity index (χ0n) is 22.6. The van der Waals surface area contributed by atoms with Crippen LogP contribution in [0.5, 0.6) is 0 Å². The van der Waals surface area contributed by atoms with Gasteiger partial charge in [-0.3, -0.25) is 19.8 Å². The molecule has 2 heterocycles. The number of aromatic amines is 1. The minimum Gasteiger partial charge on any atom is -0.388 e. The van der Waals surface area contributed by atoms with Crippen LogP contribution in [0.1, 0.15) is 57.1 Å². The van der Waals surface area contributed by atoms with Crippen LogP contribution in [0.4, 0.5) is 0 Å². The molecular weight excluding hydrogens is 492 g/mol. The predicted octanol–water partition coefficient (Wildman–Crippen LogP) is 3.36. The number of H-pyrrole nitrogens is 1. The van der Waals surface area contributed by atoms with Crippen molar-refractivity contribution in [2.75, 3.05) is 0 Å². The number of rotatable bonds is 6. The van der Waals surface area contributed by atoms with Crippen molar-refractivity contribution in [3.05, 3.63) is 59.7 Å². The summed E-state index contributed by atoms with van der Waals surface area (Å²) in [6.07, 6.45) is 8.02. The molecule has 0 fully saturated rings. The zero-order valence-corrected chi connectivity index (χ0v) is 22.6. The lowest BCUT2D eigenvalue weighted by Crippen LogP contribution is -2.55. The van der Waals surface area contributed by atoms with Gasteiger partial charge in [-0.25, -0.2) is 0 Å². The lowest BCUT2D eigenvalue weighted by molar-refractivity contribution is -0.132. The van der Waals surface area contributed by atoms with Crippen LogP contribution < -0.4 is 21.7 Å². The van der Waals surface area contributed by atoms with Crippen LogP contribution in [0, 0.1) is 5.41 Å². The molecule has 4 rings (SSSR count). The normalized spacial score (nSPS) is 21.4. The van der Waals surface area contributed by atoms with E-state index in [4.69, 9.17) is 11.1 Å². The molecule has 1 aliphatic rings. The molecule has 2 aromatic carbocycles. The number of benzene rings is 2. The molecule has 0 radical (unpaired) electrons. The largest absolute Gasteiger partial charge is 0.388 e. The highest BCUT2D eigenvalue weighted by Gasteiger charge is 2.27. The second kappa shape index (κ2) is 12.6.